The van der Waals surface area contributed by atoms with E-state index in [1.54, 1.807) is 11.3 Å². The SMILES string of the molecule is CNc1nnc(-c2sccc2Cl)c2ccccc12. The highest BCUT2D eigenvalue weighted by Crippen LogP contribution is 2.36. The van der Waals surface area contributed by atoms with Crippen molar-refractivity contribution < 1.29 is 0 Å². The first-order valence-corrected chi connectivity index (χ1v) is 6.73. The molecule has 0 radical (unpaired) electrons. The number of benzene rings is 1. The molecule has 90 valence electrons. The minimum absolute atomic E-state index is 0.719. The molecule has 0 fully saturated rings. The molecule has 0 atom stereocenters. The van der Waals surface area contributed by atoms with Gasteiger partial charge in [0.15, 0.2) is 5.82 Å². The second-order valence-corrected chi connectivity index (χ2v) is 5.11. The van der Waals surface area contributed by atoms with Crippen LogP contribution in [0.2, 0.25) is 5.02 Å². The van der Waals surface area contributed by atoms with Gasteiger partial charge in [0.25, 0.3) is 0 Å². The second-order valence-electron chi connectivity index (χ2n) is 3.79. The Morgan fingerprint density at radius 2 is 1.89 bits per heavy atom. The van der Waals surface area contributed by atoms with Gasteiger partial charge in [-0.25, -0.2) is 0 Å². The zero-order valence-corrected chi connectivity index (χ0v) is 11.2. The number of aromatic nitrogens is 2. The molecule has 0 bridgehead atoms. The summed E-state index contributed by atoms with van der Waals surface area (Å²) >= 11 is 7.75. The largest absolute Gasteiger partial charge is 0.371 e. The van der Waals surface area contributed by atoms with E-state index in [1.807, 2.05) is 42.8 Å². The fourth-order valence-electron chi connectivity index (χ4n) is 1.92. The molecule has 3 rings (SSSR count). The van der Waals surface area contributed by atoms with E-state index in [4.69, 9.17) is 11.6 Å². The maximum absolute atomic E-state index is 6.18. The third kappa shape index (κ3) is 1.74. The van der Waals surface area contributed by atoms with Crippen molar-refractivity contribution in [3.63, 3.8) is 0 Å². The maximum atomic E-state index is 6.18. The van der Waals surface area contributed by atoms with Crippen LogP contribution < -0.4 is 5.32 Å². The summed E-state index contributed by atoms with van der Waals surface area (Å²) in [6, 6.07) is 9.93. The quantitative estimate of drug-likeness (QED) is 0.767. The number of hydrogen-bond donors (Lipinski definition) is 1. The van der Waals surface area contributed by atoms with Crippen molar-refractivity contribution >= 4 is 39.5 Å². The summed E-state index contributed by atoms with van der Waals surface area (Å²) in [4.78, 5) is 0.961. The molecular formula is C13H10ClN3S. The average Bonchev–Trinajstić information content (AvgIpc) is 2.83. The molecule has 5 heteroatoms. The summed E-state index contributed by atoms with van der Waals surface area (Å²) in [5, 5.41) is 16.3. The minimum atomic E-state index is 0.719. The number of hydrogen-bond acceptors (Lipinski definition) is 4. The van der Waals surface area contributed by atoms with Crippen molar-refractivity contribution in [2.75, 3.05) is 12.4 Å². The predicted molar refractivity (Wildman–Crippen MR) is 77.4 cm³/mol. The zero-order valence-electron chi connectivity index (χ0n) is 9.64. The zero-order chi connectivity index (χ0) is 12.5. The molecule has 3 nitrogen and oxygen atoms in total. The third-order valence-electron chi connectivity index (χ3n) is 2.76. The molecule has 0 aliphatic heterocycles. The fourth-order valence-corrected chi connectivity index (χ4v) is 3.06. The van der Waals surface area contributed by atoms with E-state index in [0.29, 0.717) is 0 Å². The van der Waals surface area contributed by atoms with Crippen LogP contribution in [0.4, 0.5) is 5.82 Å². The number of nitrogens with zero attached hydrogens (tertiary/aromatic N) is 2. The van der Waals surface area contributed by atoms with E-state index in [9.17, 15) is 0 Å². The third-order valence-corrected chi connectivity index (χ3v) is 4.10. The first-order chi connectivity index (χ1) is 8.81. The molecule has 1 aromatic carbocycles. The number of halogens is 1. The van der Waals surface area contributed by atoms with Crippen LogP contribution in [-0.4, -0.2) is 17.2 Å². The van der Waals surface area contributed by atoms with E-state index in [2.05, 4.69) is 15.5 Å². The highest BCUT2D eigenvalue weighted by Gasteiger charge is 2.13. The summed E-state index contributed by atoms with van der Waals surface area (Å²) < 4.78 is 0. The Balaban J connectivity index is 2.35. The Labute approximate surface area is 113 Å². The topological polar surface area (TPSA) is 37.8 Å². The lowest BCUT2D eigenvalue weighted by Gasteiger charge is -2.07. The molecule has 2 heterocycles. The molecule has 2 aromatic heterocycles. The second kappa shape index (κ2) is 4.55. The van der Waals surface area contributed by atoms with Crippen molar-refractivity contribution in [2.45, 2.75) is 0 Å². The molecule has 0 saturated carbocycles. The normalized spacial score (nSPS) is 10.8. The fraction of sp³-hybridized carbons (Fsp3) is 0.0769. The van der Waals surface area contributed by atoms with Gasteiger partial charge in [-0.05, 0) is 11.4 Å². The van der Waals surface area contributed by atoms with Gasteiger partial charge in [-0.3, -0.25) is 0 Å². The Hall–Kier alpha value is -1.65. The van der Waals surface area contributed by atoms with Gasteiger partial charge in [-0.1, -0.05) is 35.9 Å². The average molecular weight is 276 g/mol. The lowest BCUT2D eigenvalue weighted by Crippen LogP contribution is -1.97. The molecule has 0 saturated heterocycles. The first-order valence-electron chi connectivity index (χ1n) is 5.48. The van der Waals surface area contributed by atoms with Gasteiger partial charge in [0.05, 0.1) is 9.90 Å². The van der Waals surface area contributed by atoms with Crippen LogP contribution in [0.1, 0.15) is 0 Å². The smallest absolute Gasteiger partial charge is 0.156 e. The molecule has 0 aliphatic rings. The van der Waals surface area contributed by atoms with Crippen LogP contribution in [0.25, 0.3) is 21.3 Å². The molecule has 0 unspecified atom stereocenters. The van der Waals surface area contributed by atoms with Crippen LogP contribution in [-0.2, 0) is 0 Å². The summed E-state index contributed by atoms with van der Waals surface area (Å²) in [6.45, 7) is 0. The van der Waals surface area contributed by atoms with Crippen molar-refractivity contribution in [3.8, 4) is 10.6 Å². The van der Waals surface area contributed by atoms with Gasteiger partial charge in [-0.15, -0.1) is 21.5 Å². The molecule has 0 spiro atoms. The summed E-state index contributed by atoms with van der Waals surface area (Å²) in [5.74, 6) is 0.780. The molecular weight excluding hydrogens is 266 g/mol. The van der Waals surface area contributed by atoms with Crippen LogP contribution >= 0.6 is 22.9 Å². The molecule has 1 N–H and O–H groups in total. The van der Waals surface area contributed by atoms with Crippen molar-refractivity contribution in [1.29, 1.82) is 0 Å². The Bertz CT molecular complexity index is 708. The van der Waals surface area contributed by atoms with Crippen molar-refractivity contribution in [2.24, 2.45) is 0 Å². The van der Waals surface area contributed by atoms with Gasteiger partial charge in [0.1, 0.15) is 5.69 Å². The number of nitrogens with one attached hydrogen (secondary N) is 1. The number of anilines is 1. The van der Waals surface area contributed by atoms with E-state index in [0.717, 1.165) is 32.2 Å². The molecule has 3 aromatic rings. The van der Waals surface area contributed by atoms with Crippen LogP contribution in [0.3, 0.4) is 0 Å². The van der Waals surface area contributed by atoms with Crippen LogP contribution in [0.15, 0.2) is 35.7 Å². The molecule has 18 heavy (non-hydrogen) atoms. The van der Waals surface area contributed by atoms with Crippen molar-refractivity contribution in [1.82, 2.24) is 10.2 Å². The lowest BCUT2D eigenvalue weighted by atomic mass is 10.1. The number of thiophene rings is 1. The van der Waals surface area contributed by atoms with Crippen LogP contribution in [0.5, 0.6) is 0 Å². The number of rotatable bonds is 2. The molecule has 0 aliphatic carbocycles. The number of fused-ring (bicyclic) bond motifs is 1. The van der Waals surface area contributed by atoms with Gasteiger partial charge in [0, 0.05) is 17.8 Å². The van der Waals surface area contributed by atoms with E-state index >= 15 is 0 Å². The summed E-state index contributed by atoms with van der Waals surface area (Å²) in [6.07, 6.45) is 0. The highest BCUT2D eigenvalue weighted by atomic mass is 35.5. The Morgan fingerprint density at radius 3 is 2.56 bits per heavy atom. The van der Waals surface area contributed by atoms with Crippen molar-refractivity contribution in [3.05, 3.63) is 40.7 Å². The van der Waals surface area contributed by atoms with Gasteiger partial charge in [0.2, 0.25) is 0 Å². The standard InChI is InChI=1S/C13H10ClN3S/c1-15-13-9-5-3-2-4-8(9)11(16-17-13)12-10(14)6-7-18-12/h2-7H,1H3,(H,15,17). The van der Waals surface area contributed by atoms with Gasteiger partial charge < -0.3 is 5.32 Å². The predicted octanol–water partition coefficient (Wildman–Crippen LogP) is 4.05. The van der Waals surface area contributed by atoms with E-state index in [1.165, 1.54) is 0 Å². The maximum Gasteiger partial charge on any atom is 0.156 e. The molecule has 0 amide bonds. The monoisotopic (exact) mass is 275 g/mol. The first kappa shape index (κ1) is 11.4. The Kier molecular flexibility index (Phi) is 2.89. The van der Waals surface area contributed by atoms with E-state index < -0.39 is 0 Å². The van der Waals surface area contributed by atoms with E-state index in [-0.39, 0.29) is 0 Å². The van der Waals surface area contributed by atoms with Gasteiger partial charge in [-0.2, -0.15) is 0 Å². The van der Waals surface area contributed by atoms with Crippen LogP contribution in [0, 0.1) is 0 Å². The Morgan fingerprint density at radius 1 is 1.11 bits per heavy atom. The lowest BCUT2D eigenvalue weighted by molar-refractivity contribution is 1.06. The highest BCUT2D eigenvalue weighted by molar-refractivity contribution is 7.14. The summed E-state index contributed by atoms with van der Waals surface area (Å²) in [7, 11) is 1.84. The minimum Gasteiger partial charge on any atom is -0.371 e. The van der Waals surface area contributed by atoms with Gasteiger partial charge >= 0.3 is 0 Å². The summed E-state index contributed by atoms with van der Waals surface area (Å²) in [5.41, 5.74) is 0.838.